The second-order valence-corrected chi connectivity index (χ2v) is 8.45. The Labute approximate surface area is 150 Å². The van der Waals surface area contributed by atoms with Crippen LogP contribution >= 0.6 is 11.3 Å². The van der Waals surface area contributed by atoms with Crippen molar-refractivity contribution in [3.63, 3.8) is 0 Å². The molecule has 4 nitrogen and oxygen atoms in total. The molecule has 0 bridgehead atoms. The number of nitrogens with zero attached hydrogens (tertiary/aromatic N) is 1. The largest absolute Gasteiger partial charge is 0.422 e. The van der Waals surface area contributed by atoms with Crippen LogP contribution in [0.4, 0.5) is 0 Å². The predicted octanol–water partition coefficient (Wildman–Crippen LogP) is 4.43. The van der Waals surface area contributed by atoms with E-state index in [9.17, 15) is 9.59 Å². The van der Waals surface area contributed by atoms with Crippen molar-refractivity contribution in [2.24, 2.45) is 11.8 Å². The van der Waals surface area contributed by atoms with Gasteiger partial charge in [-0.3, -0.25) is 4.79 Å². The molecule has 5 heteroatoms. The molecular formula is C20H21NO3S. The van der Waals surface area contributed by atoms with Gasteiger partial charge in [-0.05, 0) is 43.4 Å². The summed E-state index contributed by atoms with van der Waals surface area (Å²) < 4.78 is 6.27. The molecule has 0 spiro atoms. The summed E-state index contributed by atoms with van der Waals surface area (Å²) in [5.74, 6) is 1.05. The lowest BCUT2D eigenvalue weighted by atomic mass is 9.92. The van der Waals surface area contributed by atoms with E-state index in [0.717, 1.165) is 35.2 Å². The van der Waals surface area contributed by atoms with E-state index in [0.29, 0.717) is 27.7 Å². The molecule has 2 aromatic heterocycles. The lowest BCUT2D eigenvalue weighted by Gasteiger charge is -2.34. The number of carbonyl (C=O) groups excluding carboxylic acids is 1. The average molecular weight is 355 g/mol. The SMILES string of the molecule is Cc1ccc2oc(=O)c3cc(C(=O)N4CC(C)CC(C)C4)sc3c2c1. The first kappa shape index (κ1) is 16.3. The molecule has 2 unspecified atom stereocenters. The van der Waals surface area contributed by atoms with Gasteiger partial charge < -0.3 is 9.32 Å². The fraction of sp³-hybridized carbons (Fsp3) is 0.400. The number of aryl methyl sites for hydroxylation is 1. The van der Waals surface area contributed by atoms with Gasteiger partial charge in [-0.1, -0.05) is 25.5 Å². The van der Waals surface area contributed by atoms with E-state index in [4.69, 9.17) is 4.42 Å². The second kappa shape index (κ2) is 5.99. The number of carbonyl (C=O) groups is 1. The molecule has 1 aliphatic rings. The number of hydrogen-bond acceptors (Lipinski definition) is 4. The third-order valence-electron chi connectivity index (χ3n) is 4.90. The summed E-state index contributed by atoms with van der Waals surface area (Å²) in [6.07, 6.45) is 1.16. The van der Waals surface area contributed by atoms with Crippen LogP contribution in [-0.2, 0) is 0 Å². The number of likely N-dealkylation sites (tertiary alicyclic amines) is 1. The Balaban J connectivity index is 1.82. The summed E-state index contributed by atoms with van der Waals surface area (Å²) in [5.41, 5.74) is 1.30. The Morgan fingerprint density at radius 3 is 2.60 bits per heavy atom. The Kier molecular flexibility index (Phi) is 3.91. The molecule has 3 heterocycles. The van der Waals surface area contributed by atoms with Gasteiger partial charge >= 0.3 is 5.63 Å². The highest BCUT2D eigenvalue weighted by Crippen LogP contribution is 2.32. The normalized spacial score (nSPS) is 21.2. The quantitative estimate of drug-likeness (QED) is 0.607. The smallest absolute Gasteiger partial charge is 0.345 e. The molecule has 4 rings (SSSR count). The van der Waals surface area contributed by atoms with E-state index in [-0.39, 0.29) is 11.5 Å². The molecule has 0 N–H and O–H groups in total. The fourth-order valence-electron chi connectivity index (χ4n) is 3.90. The molecule has 1 aromatic carbocycles. The molecule has 2 atom stereocenters. The topological polar surface area (TPSA) is 50.5 Å². The standard InChI is InChI=1S/C20H21NO3S/c1-11-4-5-16-14(7-11)18-15(20(23)24-16)8-17(25-18)19(22)21-9-12(2)6-13(3)10-21/h4-5,7-8,12-13H,6,9-10H2,1-3H3. The molecule has 3 aromatic rings. The highest BCUT2D eigenvalue weighted by molar-refractivity contribution is 7.21. The minimum absolute atomic E-state index is 0.0276. The Morgan fingerprint density at radius 1 is 1.16 bits per heavy atom. The minimum atomic E-state index is -0.373. The highest BCUT2D eigenvalue weighted by Gasteiger charge is 2.27. The van der Waals surface area contributed by atoms with Crippen molar-refractivity contribution in [3.05, 3.63) is 45.1 Å². The second-order valence-electron chi connectivity index (χ2n) is 7.40. The molecular weight excluding hydrogens is 334 g/mol. The van der Waals surface area contributed by atoms with Crippen LogP contribution in [0, 0.1) is 18.8 Å². The van der Waals surface area contributed by atoms with E-state index in [1.54, 1.807) is 6.07 Å². The van der Waals surface area contributed by atoms with Crippen molar-refractivity contribution >= 4 is 38.3 Å². The van der Waals surface area contributed by atoms with Crippen LogP contribution in [0.3, 0.4) is 0 Å². The Hall–Kier alpha value is -2.14. The minimum Gasteiger partial charge on any atom is -0.422 e. The number of hydrogen-bond donors (Lipinski definition) is 0. The number of rotatable bonds is 1. The van der Waals surface area contributed by atoms with Gasteiger partial charge in [-0.2, -0.15) is 0 Å². The highest BCUT2D eigenvalue weighted by atomic mass is 32.1. The van der Waals surface area contributed by atoms with Crippen LogP contribution < -0.4 is 5.63 Å². The maximum absolute atomic E-state index is 13.0. The number of thiophene rings is 1. The Morgan fingerprint density at radius 2 is 1.88 bits per heavy atom. The summed E-state index contributed by atoms with van der Waals surface area (Å²) in [5, 5.41) is 1.41. The molecule has 25 heavy (non-hydrogen) atoms. The molecule has 0 aliphatic carbocycles. The van der Waals surface area contributed by atoms with E-state index in [1.165, 1.54) is 11.3 Å². The van der Waals surface area contributed by atoms with Crippen molar-refractivity contribution < 1.29 is 9.21 Å². The van der Waals surface area contributed by atoms with Gasteiger partial charge in [0.25, 0.3) is 5.91 Å². The van der Waals surface area contributed by atoms with Gasteiger partial charge in [0.05, 0.1) is 15.0 Å². The van der Waals surface area contributed by atoms with Crippen LogP contribution in [0.5, 0.6) is 0 Å². The van der Waals surface area contributed by atoms with Gasteiger partial charge in [-0.25, -0.2) is 4.79 Å². The number of benzene rings is 1. The molecule has 1 amide bonds. The molecule has 1 saturated heterocycles. The molecule has 130 valence electrons. The van der Waals surface area contributed by atoms with Gasteiger partial charge in [-0.15, -0.1) is 11.3 Å². The summed E-state index contributed by atoms with van der Waals surface area (Å²) in [6, 6.07) is 7.46. The molecule has 1 fully saturated rings. The maximum Gasteiger partial charge on any atom is 0.345 e. The first-order valence-corrected chi connectivity index (χ1v) is 9.50. The lowest BCUT2D eigenvalue weighted by molar-refractivity contribution is 0.0628. The van der Waals surface area contributed by atoms with E-state index in [1.807, 2.05) is 30.0 Å². The monoisotopic (exact) mass is 355 g/mol. The summed E-state index contributed by atoms with van der Waals surface area (Å²) in [7, 11) is 0. The van der Waals surface area contributed by atoms with Crippen LogP contribution in [0.25, 0.3) is 21.1 Å². The summed E-state index contributed by atoms with van der Waals surface area (Å²) >= 11 is 1.40. The van der Waals surface area contributed by atoms with Crippen LogP contribution in [-0.4, -0.2) is 23.9 Å². The summed E-state index contributed by atoms with van der Waals surface area (Å²) in [6.45, 7) is 7.95. The van der Waals surface area contributed by atoms with Crippen LogP contribution in [0.2, 0.25) is 0 Å². The summed E-state index contributed by atoms with van der Waals surface area (Å²) in [4.78, 5) is 27.8. The van der Waals surface area contributed by atoms with Crippen molar-refractivity contribution in [2.45, 2.75) is 27.2 Å². The number of amides is 1. The number of fused-ring (bicyclic) bond motifs is 3. The van der Waals surface area contributed by atoms with Crippen LogP contribution in [0.1, 0.15) is 35.5 Å². The molecule has 0 saturated carbocycles. The van der Waals surface area contributed by atoms with Gasteiger partial charge in [0.1, 0.15) is 5.58 Å². The third kappa shape index (κ3) is 2.86. The van der Waals surface area contributed by atoms with Gasteiger partial charge in [0.15, 0.2) is 0 Å². The maximum atomic E-state index is 13.0. The predicted molar refractivity (Wildman–Crippen MR) is 101 cm³/mol. The average Bonchev–Trinajstić information content (AvgIpc) is 3.00. The first-order chi connectivity index (χ1) is 11.9. The molecule has 0 radical (unpaired) electrons. The van der Waals surface area contributed by atoms with E-state index in [2.05, 4.69) is 13.8 Å². The first-order valence-electron chi connectivity index (χ1n) is 8.68. The third-order valence-corrected chi connectivity index (χ3v) is 6.06. The Bertz CT molecular complexity index is 1020. The molecule has 1 aliphatic heterocycles. The lowest BCUT2D eigenvalue weighted by Crippen LogP contribution is -2.42. The van der Waals surface area contributed by atoms with Gasteiger partial charge in [0, 0.05) is 18.5 Å². The number of piperidine rings is 1. The zero-order chi connectivity index (χ0) is 17.7. The van der Waals surface area contributed by atoms with Crippen molar-refractivity contribution in [1.82, 2.24) is 4.90 Å². The van der Waals surface area contributed by atoms with E-state index < -0.39 is 0 Å². The van der Waals surface area contributed by atoms with Crippen molar-refractivity contribution in [3.8, 4) is 0 Å². The van der Waals surface area contributed by atoms with Crippen molar-refractivity contribution in [1.29, 1.82) is 0 Å². The van der Waals surface area contributed by atoms with E-state index >= 15 is 0 Å². The zero-order valence-corrected chi connectivity index (χ0v) is 15.5. The van der Waals surface area contributed by atoms with Crippen molar-refractivity contribution in [2.75, 3.05) is 13.1 Å². The van der Waals surface area contributed by atoms with Crippen LogP contribution in [0.15, 0.2) is 33.5 Å². The fourth-order valence-corrected chi connectivity index (χ4v) is 5.03. The zero-order valence-electron chi connectivity index (χ0n) is 14.7. The van der Waals surface area contributed by atoms with Gasteiger partial charge in [0.2, 0.25) is 0 Å².